The van der Waals surface area contributed by atoms with E-state index in [1.54, 1.807) is 0 Å². The molecule has 2 aromatic heterocycles. The fraction of sp³-hybridized carbons (Fsp3) is 0.0556. The molecular formula is C18H16N6O. The summed E-state index contributed by atoms with van der Waals surface area (Å²) in [5.41, 5.74) is 3.16. The minimum absolute atomic E-state index is 0.221. The summed E-state index contributed by atoms with van der Waals surface area (Å²) in [6, 6.07) is 17.4. The van der Waals surface area contributed by atoms with Gasteiger partial charge in [-0.15, -0.1) is 0 Å². The Hall–Kier alpha value is -3.61. The van der Waals surface area contributed by atoms with Gasteiger partial charge in [0.25, 0.3) is 0 Å². The van der Waals surface area contributed by atoms with Crippen molar-refractivity contribution in [2.24, 2.45) is 0 Å². The van der Waals surface area contributed by atoms with Gasteiger partial charge in [-0.25, -0.2) is 14.8 Å². The van der Waals surface area contributed by atoms with E-state index >= 15 is 0 Å². The predicted octanol–water partition coefficient (Wildman–Crippen LogP) is 3.16. The standard InChI is InChI=1S/C18H16N6O/c1-24(13-5-3-2-4-6-13)17-10-16(19-11-20-17)21-12-7-8-14-15(9-12)23-18(25)22-14/h2-11H,1H3,(H,19,20,21)(H2,22,23,25). The third kappa shape index (κ3) is 3.07. The van der Waals surface area contributed by atoms with Crippen molar-refractivity contribution in [3.8, 4) is 0 Å². The van der Waals surface area contributed by atoms with Gasteiger partial charge in [-0.3, -0.25) is 0 Å². The molecule has 0 aliphatic heterocycles. The minimum Gasteiger partial charge on any atom is -0.340 e. The molecule has 7 nitrogen and oxygen atoms in total. The number of imidazole rings is 1. The summed E-state index contributed by atoms with van der Waals surface area (Å²) in [5, 5.41) is 3.24. The molecule has 7 heteroatoms. The van der Waals surface area contributed by atoms with Crippen LogP contribution in [0.15, 0.2) is 65.7 Å². The normalized spacial score (nSPS) is 10.8. The quantitative estimate of drug-likeness (QED) is 0.534. The van der Waals surface area contributed by atoms with Gasteiger partial charge in [0.1, 0.15) is 18.0 Å². The highest BCUT2D eigenvalue weighted by Crippen LogP contribution is 2.24. The highest BCUT2D eigenvalue weighted by Gasteiger charge is 2.07. The first-order valence-corrected chi connectivity index (χ1v) is 7.79. The number of aromatic nitrogens is 4. The van der Waals surface area contributed by atoms with Crippen molar-refractivity contribution in [2.45, 2.75) is 0 Å². The zero-order valence-electron chi connectivity index (χ0n) is 13.5. The van der Waals surface area contributed by atoms with Crippen LogP contribution in [-0.2, 0) is 0 Å². The Morgan fingerprint density at radius 3 is 2.60 bits per heavy atom. The van der Waals surface area contributed by atoms with Gasteiger partial charge < -0.3 is 20.2 Å². The highest BCUT2D eigenvalue weighted by atomic mass is 16.1. The summed E-state index contributed by atoms with van der Waals surface area (Å²) >= 11 is 0. The third-order valence-electron chi connectivity index (χ3n) is 3.93. The first-order chi connectivity index (χ1) is 12.2. The van der Waals surface area contributed by atoms with Gasteiger partial charge in [-0.2, -0.15) is 0 Å². The Balaban J connectivity index is 1.61. The van der Waals surface area contributed by atoms with Gasteiger partial charge in [0, 0.05) is 24.5 Å². The molecule has 0 saturated carbocycles. The second-order valence-electron chi connectivity index (χ2n) is 5.62. The van der Waals surface area contributed by atoms with Gasteiger partial charge in [0.05, 0.1) is 11.0 Å². The van der Waals surface area contributed by atoms with E-state index in [4.69, 9.17) is 0 Å². The van der Waals surface area contributed by atoms with Crippen molar-refractivity contribution < 1.29 is 0 Å². The molecule has 0 amide bonds. The number of rotatable bonds is 4. The molecule has 0 atom stereocenters. The Kier molecular flexibility index (Phi) is 3.66. The summed E-state index contributed by atoms with van der Waals surface area (Å²) in [7, 11) is 1.96. The van der Waals surface area contributed by atoms with Crippen molar-refractivity contribution in [1.82, 2.24) is 19.9 Å². The number of H-pyrrole nitrogens is 2. The number of hydrogen-bond acceptors (Lipinski definition) is 5. The van der Waals surface area contributed by atoms with Crippen LogP contribution in [-0.4, -0.2) is 27.0 Å². The van der Waals surface area contributed by atoms with E-state index < -0.39 is 0 Å². The molecular weight excluding hydrogens is 316 g/mol. The lowest BCUT2D eigenvalue weighted by molar-refractivity contribution is 1.08. The van der Waals surface area contributed by atoms with E-state index in [1.807, 2.05) is 66.5 Å². The van der Waals surface area contributed by atoms with Crippen LogP contribution in [0.25, 0.3) is 11.0 Å². The van der Waals surface area contributed by atoms with Gasteiger partial charge in [-0.05, 0) is 30.3 Å². The molecule has 4 rings (SSSR count). The van der Waals surface area contributed by atoms with Crippen molar-refractivity contribution >= 4 is 34.0 Å². The number of aromatic amines is 2. The lowest BCUT2D eigenvalue weighted by atomic mass is 10.2. The zero-order chi connectivity index (χ0) is 17.2. The highest BCUT2D eigenvalue weighted by molar-refractivity contribution is 5.80. The van der Waals surface area contributed by atoms with Gasteiger partial charge in [0.2, 0.25) is 0 Å². The smallest absolute Gasteiger partial charge is 0.323 e. The molecule has 0 aliphatic carbocycles. The summed E-state index contributed by atoms with van der Waals surface area (Å²) in [5.74, 6) is 1.45. The van der Waals surface area contributed by atoms with Crippen LogP contribution in [0.1, 0.15) is 0 Å². The van der Waals surface area contributed by atoms with Crippen LogP contribution >= 0.6 is 0 Å². The van der Waals surface area contributed by atoms with Crippen LogP contribution in [0.2, 0.25) is 0 Å². The first-order valence-electron chi connectivity index (χ1n) is 7.79. The number of nitrogens with zero attached hydrogens (tertiary/aromatic N) is 3. The minimum atomic E-state index is -0.221. The van der Waals surface area contributed by atoms with Crippen LogP contribution in [0.5, 0.6) is 0 Å². The number of nitrogens with one attached hydrogen (secondary N) is 3. The van der Waals surface area contributed by atoms with Crippen molar-refractivity contribution in [1.29, 1.82) is 0 Å². The summed E-state index contributed by atoms with van der Waals surface area (Å²) in [6.07, 6.45) is 1.52. The molecule has 0 unspecified atom stereocenters. The molecule has 124 valence electrons. The monoisotopic (exact) mass is 332 g/mol. The molecule has 0 fully saturated rings. The number of para-hydroxylation sites is 1. The second kappa shape index (κ2) is 6.12. The van der Waals surface area contributed by atoms with E-state index in [1.165, 1.54) is 6.33 Å². The van der Waals surface area contributed by atoms with E-state index in [0.717, 1.165) is 28.2 Å². The molecule has 0 saturated heterocycles. The van der Waals surface area contributed by atoms with Crippen molar-refractivity contribution in [2.75, 3.05) is 17.3 Å². The van der Waals surface area contributed by atoms with Crippen molar-refractivity contribution in [3.05, 3.63) is 71.4 Å². The SMILES string of the molecule is CN(c1ccccc1)c1cc(Nc2ccc3[nH]c(=O)[nH]c3c2)ncn1. The van der Waals surface area contributed by atoms with E-state index in [2.05, 4.69) is 25.3 Å². The number of benzene rings is 2. The summed E-state index contributed by atoms with van der Waals surface area (Å²) < 4.78 is 0. The van der Waals surface area contributed by atoms with Gasteiger partial charge in [-0.1, -0.05) is 18.2 Å². The van der Waals surface area contributed by atoms with E-state index in [0.29, 0.717) is 5.82 Å². The van der Waals surface area contributed by atoms with Gasteiger partial charge >= 0.3 is 5.69 Å². The van der Waals surface area contributed by atoms with Crippen LogP contribution in [0.3, 0.4) is 0 Å². The number of hydrogen-bond donors (Lipinski definition) is 3. The van der Waals surface area contributed by atoms with Crippen LogP contribution in [0.4, 0.5) is 23.0 Å². The molecule has 0 aliphatic rings. The first kappa shape index (κ1) is 14.9. The molecule has 0 radical (unpaired) electrons. The summed E-state index contributed by atoms with van der Waals surface area (Å²) in [6.45, 7) is 0. The van der Waals surface area contributed by atoms with Gasteiger partial charge in [0.15, 0.2) is 0 Å². The van der Waals surface area contributed by atoms with Crippen molar-refractivity contribution in [3.63, 3.8) is 0 Å². The Labute approximate surface area is 143 Å². The maximum Gasteiger partial charge on any atom is 0.323 e. The summed E-state index contributed by atoms with van der Waals surface area (Å²) in [4.78, 5) is 27.4. The number of anilines is 4. The Morgan fingerprint density at radius 2 is 1.76 bits per heavy atom. The molecule has 4 aromatic rings. The molecule has 0 spiro atoms. The lowest BCUT2D eigenvalue weighted by Crippen LogP contribution is -2.11. The fourth-order valence-electron chi connectivity index (χ4n) is 2.64. The predicted molar refractivity (Wildman–Crippen MR) is 98.7 cm³/mol. The fourth-order valence-corrected chi connectivity index (χ4v) is 2.64. The second-order valence-corrected chi connectivity index (χ2v) is 5.62. The molecule has 3 N–H and O–H groups in total. The Bertz CT molecular complexity index is 1070. The van der Waals surface area contributed by atoms with E-state index in [9.17, 15) is 4.79 Å². The lowest BCUT2D eigenvalue weighted by Gasteiger charge is -2.18. The maximum atomic E-state index is 11.4. The Morgan fingerprint density at radius 1 is 0.960 bits per heavy atom. The average molecular weight is 332 g/mol. The third-order valence-corrected chi connectivity index (χ3v) is 3.93. The topological polar surface area (TPSA) is 89.7 Å². The average Bonchev–Trinajstić information content (AvgIpc) is 3.01. The maximum absolute atomic E-state index is 11.4. The largest absolute Gasteiger partial charge is 0.340 e. The van der Waals surface area contributed by atoms with E-state index in [-0.39, 0.29) is 5.69 Å². The van der Waals surface area contributed by atoms with Crippen LogP contribution < -0.4 is 15.9 Å². The molecule has 2 heterocycles. The van der Waals surface area contributed by atoms with Crippen LogP contribution in [0, 0.1) is 0 Å². The number of fused-ring (bicyclic) bond motifs is 1. The molecule has 25 heavy (non-hydrogen) atoms. The molecule has 0 bridgehead atoms. The zero-order valence-corrected chi connectivity index (χ0v) is 13.5. The molecule has 2 aromatic carbocycles.